The fourth-order valence-corrected chi connectivity index (χ4v) is 1.91. The molecule has 5 heteroatoms. The molecule has 1 aromatic carbocycles. The Balaban J connectivity index is 2.10. The third-order valence-corrected chi connectivity index (χ3v) is 2.78. The zero-order chi connectivity index (χ0) is 14.0. The van der Waals surface area contributed by atoms with Crippen molar-refractivity contribution in [1.29, 1.82) is 0 Å². The van der Waals surface area contributed by atoms with E-state index in [1.165, 1.54) is 0 Å². The van der Waals surface area contributed by atoms with Crippen LogP contribution in [0.4, 0.5) is 11.4 Å². The Labute approximate surface area is 113 Å². The van der Waals surface area contributed by atoms with Gasteiger partial charge in [-0.1, -0.05) is 0 Å². The summed E-state index contributed by atoms with van der Waals surface area (Å²) in [7, 11) is 0. The van der Waals surface area contributed by atoms with Crippen LogP contribution in [0.5, 0.6) is 5.75 Å². The van der Waals surface area contributed by atoms with Crippen molar-refractivity contribution < 1.29 is 14.3 Å². The third kappa shape index (κ3) is 3.38. The summed E-state index contributed by atoms with van der Waals surface area (Å²) in [6, 6.07) is 5.30. The van der Waals surface area contributed by atoms with Gasteiger partial charge in [0.1, 0.15) is 5.75 Å². The molecule has 0 saturated heterocycles. The summed E-state index contributed by atoms with van der Waals surface area (Å²) in [5, 5.41) is 0. The average Bonchev–Trinajstić information content (AvgIpc) is 2.30. The minimum atomic E-state index is -0.209. The molecular formula is C14H20N2O3. The predicted octanol–water partition coefficient (Wildman–Crippen LogP) is 1.81. The predicted molar refractivity (Wildman–Crippen MR) is 74.4 cm³/mol. The fourth-order valence-electron chi connectivity index (χ4n) is 1.91. The number of fused-ring (bicyclic) bond motifs is 1. The van der Waals surface area contributed by atoms with Gasteiger partial charge in [-0.3, -0.25) is 4.79 Å². The summed E-state index contributed by atoms with van der Waals surface area (Å²) < 4.78 is 11.0. The van der Waals surface area contributed by atoms with E-state index in [0.717, 1.165) is 5.69 Å². The van der Waals surface area contributed by atoms with E-state index in [1.807, 2.05) is 20.8 Å². The molecule has 1 amide bonds. The topological polar surface area (TPSA) is 64.8 Å². The Kier molecular flexibility index (Phi) is 3.66. The molecule has 1 aliphatic rings. The molecule has 0 spiro atoms. The molecule has 1 aromatic rings. The zero-order valence-corrected chi connectivity index (χ0v) is 11.6. The van der Waals surface area contributed by atoms with E-state index in [0.29, 0.717) is 24.6 Å². The monoisotopic (exact) mass is 264 g/mol. The number of nitrogen functional groups attached to an aromatic ring is 1. The summed E-state index contributed by atoms with van der Waals surface area (Å²) in [6.45, 7) is 7.01. The van der Waals surface area contributed by atoms with Gasteiger partial charge in [-0.2, -0.15) is 0 Å². The molecule has 0 bridgehead atoms. The number of hydrogen-bond donors (Lipinski definition) is 1. The lowest BCUT2D eigenvalue weighted by molar-refractivity contribution is -0.121. The third-order valence-electron chi connectivity index (χ3n) is 2.78. The lowest BCUT2D eigenvalue weighted by atomic mass is 10.2. The molecule has 2 rings (SSSR count). The molecule has 0 unspecified atom stereocenters. The van der Waals surface area contributed by atoms with Gasteiger partial charge in [0.05, 0.1) is 17.9 Å². The van der Waals surface area contributed by atoms with Crippen molar-refractivity contribution in [2.75, 3.05) is 30.4 Å². The van der Waals surface area contributed by atoms with Gasteiger partial charge in [-0.25, -0.2) is 0 Å². The van der Waals surface area contributed by atoms with Crippen molar-refractivity contribution in [2.45, 2.75) is 26.4 Å². The zero-order valence-electron chi connectivity index (χ0n) is 11.6. The van der Waals surface area contributed by atoms with Crippen molar-refractivity contribution in [3.05, 3.63) is 18.2 Å². The van der Waals surface area contributed by atoms with Crippen LogP contribution >= 0.6 is 0 Å². The first kappa shape index (κ1) is 13.7. The summed E-state index contributed by atoms with van der Waals surface area (Å²) in [5.74, 6) is 0.588. The number of rotatable bonds is 3. The minimum absolute atomic E-state index is 0.0476. The molecule has 0 aliphatic carbocycles. The smallest absolute Gasteiger partial charge is 0.265 e. The highest BCUT2D eigenvalue weighted by atomic mass is 16.5. The molecule has 0 atom stereocenters. The number of amides is 1. The van der Waals surface area contributed by atoms with Gasteiger partial charge < -0.3 is 20.1 Å². The SMILES string of the molecule is CC(C)(C)OCCN1C(=O)COc2cc(N)ccc21. The highest BCUT2D eigenvalue weighted by molar-refractivity contribution is 5.98. The van der Waals surface area contributed by atoms with E-state index >= 15 is 0 Å². The fraction of sp³-hybridized carbons (Fsp3) is 0.500. The van der Waals surface area contributed by atoms with Gasteiger partial charge in [0.15, 0.2) is 6.61 Å². The second-order valence-corrected chi connectivity index (χ2v) is 5.52. The van der Waals surface area contributed by atoms with E-state index < -0.39 is 0 Å². The Hall–Kier alpha value is -1.75. The molecule has 1 aliphatic heterocycles. The minimum Gasteiger partial charge on any atom is -0.481 e. The van der Waals surface area contributed by atoms with Crippen molar-refractivity contribution in [2.24, 2.45) is 0 Å². The summed E-state index contributed by atoms with van der Waals surface area (Å²) >= 11 is 0. The second kappa shape index (κ2) is 5.09. The van der Waals surface area contributed by atoms with Crippen molar-refractivity contribution in [3.8, 4) is 5.75 Å². The number of hydrogen-bond acceptors (Lipinski definition) is 4. The van der Waals surface area contributed by atoms with Crippen LogP contribution < -0.4 is 15.4 Å². The standard InChI is InChI=1S/C14H20N2O3/c1-14(2,3)19-7-6-16-11-5-4-10(15)8-12(11)18-9-13(16)17/h4-5,8H,6-7,9,15H2,1-3H3. The Morgan fingerprint density at radius 3 is 2.84 bits per heavy atom. The van der Waals surface area contributed by atoms with Gasteiger partial charge in [0, 0.05) is 18.3 Å². The number of benzene rings is 1. The number of nitrogens with zero attached hydrogens (tertiary/aromatic N) is 1. The number of carbonyl (C=O) groups is 1. The number of anilines is 2. The van der Waals surface area contributed by atoms with Gasteiger partial charge >= 0.3 is 0 Å². The normalized spacial score (nSPS) is 15.1. The number of carbonyl (C=O) groups excluding carboxylic acids is 1. The van der Waals surface area contributed by atoms with Crippen LogP contribution in [0.3, 0.4) is 0 Å². The maximum atomic E-state index is 11.9. The van der Waals surface area contributed by atoms with Crippen LogP contribution in [0.2, 0.25) is 0 Å². The first-order valence-corrected chi connectivity index (χ1v) is 6.33. The average molecular weight is 264 g/mol. The highest BCUT2D eigenvalue weighted by Crippen LogP contribution is 2.33. The van der Waals surface area contributed by atoms with Crippen molar-refractivity contribution in [3.63, 3.8) is 0 Å². The van der Waals surface area contributed by atoms with Gasteiger partial charge in [0.25, 0.3) is 5.91 Å². The molecule has 5 nitrogen and oxygen atoms in total. The van der Waals surface area contributed by atoms with E-state index in [9.17, 15) is 4.79 Å². The van der Waals surface area contributed by atoms with Crippen LogP contribution in [-0.4, -0.2) is 31.3 Å². The molecule has 1 heterocycles. The van der Waals surface area contributed by atoms with E-state index in [-0.39, 0.29) is 18.1 Å². The van der Waals surface area contributed by atoms with Crippen LogP contribution in [0.15, 0.2) is 18.2 Å². The van der Waals surface area contributed by atoms with Gasteiger partial charge in [0.2, 0.25) is 0 Å². The number of nitrogens with two attached hydrogens (primary N) is 1. The van der Waals surface area contributed by atoms with Crippen LogP contribution in [0.25, 0.3) is 0 Å². The van der Waals surface area contributed by atoms with Gasteiger partial charge in [-0.05, 0) is 32.9 Å². The molecule has 19 heavy (non-hydrogen) atoms. The van der Waals surface area contributed by atoms with Crippen molar-refractivity contribution in [1.82, 2.24) is 0 Å². The van der Waals surface area contributed by atoms with Gasteiger partial charge in [-0.15, -0.1) is 0 Å². The summed E-state index contributed by atoms with van der Waals surface area (Å²) in [5.41, 5.74) is 6.88. The van der Waals surface area contributed by atoms with Crippen LogP contribution in [-0.2, 0) is 9.53 Å². The molecule has 0 saturated carbocycles. The molecule has 0 radical (unpaired) electrons. The Morgan fingerprint density at radius 2 is 2.16 bits per heavy atom. The molecule has 0 aromatic heterocycles. The second-order valence-electron chi connectivity index (χ2n) is 5.52. The van der Waals surface area contributed by atoms with Crippen LogP contribution in [0, 0.1) is 0 Å². The van der Waals surface area contributed by atoms with Crippen molar-refractivity contribution >= 4 is 17.3 Å². The molecule has 0 fully saturated rings. The van der Waals surface area contributed by atoms with E-state index in [2.05, 4.69) is 0 Å². The summed E-state index contributed by atoms with van der Waals surface area (Å²) in [4.78, 5) is 13.6. The molecule has 104 valence electrons. The Bertz CT molecular complexity index is 480. The van der Waals surface area contributed by atoms with E-state index in [4.69, 9.17) is 15.2 Å². The van der Waals surface area contributed by atoms with Crippen LogP contribution in [0.1, 0.15) is 20.8 Å². The quantitative estimate of drug-likeness (QED) is 0.846. The lowest BCUT2D eigenvalue weighted by Crippen LogP contribution is -2.41. The first-order chi connectivity index (χ1) is 8.87. The highest BCUT2D eigenvalue weighted by Gasteiger charge is 2.25. The maximum absolute atomic E-state index is 11.9. The Morgan fingerprint density at radius 1 is 1.42 bits per heavy atom. The molecule has 2 N–H and O–H groups in total. The largest absolute Gasteiger partial charge is 0.481 e. The first-order valence-electron chi connectivity index (χ1n) is 6.33. The lowest BCUT2D eigenvalue weighted by Gasteiger charge is -2.30. The summed E-state index contributed by atoms with van der Waals surface area (Å²) in [6.07, 6.45) is 0. The molecular weight excluding hydrogens is 244 g/mol. The van der Waals surface area contributed by atoms with E-state index in [1.54, 1.807) is 23.1 Å². The maximum Gasteiger partial charge on any atom is 0.265 e. The number of ether oxygens (including phenoxy) is 2.